The third kappa shape index (κ3) is 4.30. The summed E-state index contributed by atoms with van der Waals surface area (Å²) in [5, 5.41) is 15.1. The summed E-state index contributed by atoms with van der Waals surface area (Å²) in [5.41, 5.74) is -0.125. The number of fused-ring (bicyclic) bond motifs is 5. The Morgan fingerprint density at radius 2 is 1.62 bits per heavy atom. The summed E-state index contributed by atoms with van der Waals surface area (Å²) >= 11 is 0. The van der Waals surface area contributed by atoms with Gasteiger partial charge in [0.05, 0.1) is 5.60 Å². The van der Waals surface area contributed by atoms with E-state index in [1.807, 2.05) is 0 Å². The van der Waals surface area contributed by atoms with Gasteiger partial charge in [-0.15, -0.1) is 0 Å². The SMILES string of the molecule is CCC(CC12CC3CC(CC(C3)C1)C2)C(=O)NCC1(O)CC[C@@]2(C)C(CC[C@@H]3[C@@H]2CC[C@]2(C)C(=O)CC[C@@H]32)C1. The van der Waals surface area contributed by atoms with Crippen LogP contribution in [-0.4, -0.2) is 28.9 Å². The van der Waals surface area contributed by atoms with Gasteiger partial charge in [-0.3, -0.25) is 9.59 Å². The number of Topliss-reactive ketones (excluding diaryl/α,β-unsaturated/α-hetero) is 1. The number of amides is 1. The van der Waals surface area contributed by atoms with Crippen LogP contribution in [0.25, 0.3) is 0 Å². The Balaban J connectivity index is 0.974. The van der Waals surface area contributed by atoms with Gasteiger partial charge in [0.15, 0.2) is 0 Å². The molecule has 4 heteroatoms. The quantitative estimate of drug-likeness (QED) is 0.380. The molecule has 1 amide bonds. The van der Waals surface area contributed by atoms with Crippen molar-refractivity contribution in [1.82, 2.24) is 5.32 Å². The van der Waals surface area contributed by atoms with E-state index in [1.54, 1.807) is 0 Å². The van der Waals surface area contributed by atoms with Crippen LogP contribution in [0, 0.1) is 63.6 Å². The second-order valence-corrected chi connectivity index (χ2v) is 16.9. The minimum Gasteiger partial charge on any atom is -0.388 e. The van der Waals surface area contributed by atoms with Gasteiger partial charge in [-0.2, -0.15) is 0 Å². The number of nitrogens with one attached hydrogen (secondary N) is 1. The number of aliphatic hydroxyl groups is 1. The van der Waals surface area contributed by atoms with Crippen molar-refractivity contribution < 1.29 is 14.7 Å². The molecule has 8 saturated carbocycles. The second kappa shape index (κ2) is 9.30. The van der Waals surface area contributed by atoms with E-state index in [-0.39, 0.29) is 22.7 Å². The topological polar surface area (TPSA) is 66.4 Å². The fraction of sp³-hybridized carbons (Fsp3) is 0.943. The molecule has 0 spiro atoms. The highest BCUT2D eigenvalue weighted by Gasteiger charge is 2.61. The average molecular weight is 538 g/mol. The Bertz CT molecular complexity index is 971. The lowest BCUT2D eigenvalue weighted by molar-refractivity contribution is -0.154. The first-order valence-electron chi connectivity index (χ1n) is 17.1. The molecule has 0 aromatic rings. The Hall–Kier alpha value is -0.900. The van der Waals surface area contributed by atoms with Crippen molar-refractivity contribution in [2.45, 2.75) is 136 Å². The van der Waals surface area contributed by atoms with Crippen molar-refractivity contribution in [1.29, 1.82) is 0 Å². The van der Waals surface area contributed by atoms with Crippen LogP contribution in [0.1, 0.15) is 130 Å². The zero-order valence-corrected chi connectivity index (χ0v) is 25.1. The van der Waals surface area contributed by atoms with Gasteiger partial charge >= 0.3 is 0 Å². The van der Waals surface area contributed by atoms with E-state index in [4.69, 9.17) is 0 Å². The molecule has 0 aliphatic heterocycles. The van der Waals surface area contributed by atoms with E-state index < -0.39 is 5.60 Å². The highest BCUT2D eigenvalue weighted by molar-refractivity contribution is 5.87. The lowest BCUT2D eigenvalue weighted by Crippen LogP contribution is -2.58. The second-order valence-electron chi connectivity index (χ2n) is 16.9. The third-order valence-electron chi connectivity index (χ3n) is 14.8. The van der Waals surface area contributed by atoms with Crippen LogP contribution in [0.2, 0.25) is 0 Å². The van der Waals surface area contributed by atoms with Gasteiger partial charge in [0.25, 0.3) is 0 Å². The van der Waals surface area contributed by atoms with Crippen LogP contribution in [0.5, 0.6) is 0 Å². The normalized spacial score (nSPS) is 52.6. The fourth-order valence-electron chi connectivity index (χ4n) is 13.1. The van der Waals surface area contributed by atoms with Crippen molar-refractivity contribution in [2.75, 3.05) is 6.54 Å². The lowest BCUT2D eigenvalue weighted by atomic mass is 9.44. The number of hydrogen-bond donors (Lipinski definition) is 2. The molecule has 4 bridgehead atoms. The molecule has 218 valence electrons. The molecule has 0 saturated heterocycles. The molecule has 4 nitrogen and oxygen atoms in total. The predicted molar refractivity (Wildman–Crippen MR) is 154 cm³/mol. The molecule has 8 aliphatic rings. The first-order valence-corrected chi connectivity index (χ1v) is 17.1. The zero-order chi connectivity index (χ0) is 27.2. The Morgan fingerprint density at radius 3 is 2.28 bits per heavy atom. The van der Waals surface area contributed by atoms with Gasteiger partial charge in [0, 0.05) is 24.3 Å². The molecule has 8 aliphatic carbocycles. The van der Waals surface area contributed by atoms with Crippen LogP contribution in [-0.2, 0) is 9.59 Å². The van der Waals surface area contributed by atoms with Crippen molar-refractivity contribution >= 4 is 11.7 Å². The molecule has 3 unspecified atom stereocenters. The number of carbonyl (C=O) groups excluding carboxylic acids is 2. The Kier molecular flexibility index (Phi) is 6.43. The fourth-order valence-corrected chi connectivity index (χ4v) is 13.1. The Labute approximate surface area is 237 Å². The summed E-state index contributed by atoms with van der Waals surface area (Å²) in [7, 11) is 0. The average Bonchev–Trinajstić information content (AvgIpc) is 3.20. The molecular weight excluding hydrogens is 482 g/mol. The molecule has 0 heterocycles. The van der Waals surface area contributed by atoms with Gasteiger partial charge in [-0.05, 0) is 155 Å². The van der Waals surface area contributed by atoms with E-state index in [0.29, 0.717) is 41.4 Å². The summed E-state index contributed by atoms with van der Waals surface area (Å²) < 4.78 is 0. The predicted octanol–water partition coefficient (Wildman–Crippen LogP) is 7.08. The molecule has 0 aromatic carbocycles. The van der Waals surface area contributed by atoms with Gasteiger partial charge in [0.1, 0.15) is 5.78 Å². The molecule has 0 aromatic heterocycles. The standard InChI is InChI=1S/C35H55NO3/c1-4-25(19-34-16-22-13-23(17-34)15-24(14-22)18-34)31(38)36-21-35(39)12-11-32(2)26(20-35)5-6-27-28-7-8-30(37)33(28,3)10-9-29(27)32/h22-29,39H,4-21H2,1-3H3,(H,36,38)/t22?,23?,24?,25?,26?,27-,28-,29-,32-,33-,34?,35?/m0/s1. The zero-order valence-electron chi connectivity index (χ0n) is 25.1. The molecule has 8 rings (SSSR count). The van der Waals surface area contributed by atoms with Crippen LogP contribution < -0.4 is 5.32 Å². The summed E-state index contributed by atoms with van der Waals surface area (Å²) in [6, 6.07) is 0. The van der Waals surface area contributed by atoms with Gasteiger partial charge in [-0.1, -0.05) is 20.8 Å². The molecule has 8 atom stereocenters. The number of rotatable bonds is 6. The summed E-state index contributed by atoms with van der Waals surface area (Å²) in [5.74, 6) is 6.12. The van der Waals surface area contributed by atoms with E-state index >= 15 is 0 Å². The highest BCUT2D eigenvalue weighted by Crippen LogP contribution is 2.66. The molecule has 39 heavy (non-hydrogen) atoms. The van der Waals surface area contributed by atoms with Crippen molar-refractivity contribution in [3.8, 4) is 0 Å². The smallest absolute Gasteiger partial charge is 0.223 e. The maximum atomic E-state index is 13.5. The largest absolute Gasteiger partial charge is 0.388 e. The van der Waals surface area contributed by atoms with Crippen LogP contribution in [0.3, 0.4) is 0 Å². The summed E-state index contributed by atoms with van der Waals surface area (Å²) in [4.78, 5) is 26.3. The highest BCUT2D eigenvalue weighted by atomic mass is 16.3. The number of hydrogen-bond acceptors (Lipinski definition) is 3. The summed E-state index contributed by atoms with van der Waals surface area (Å²) in [6.07, 6.45) is 19.7. The van der Waals surface area contributed by atoms with E-state index in [1.165, 1.54) is 57.8 Å². The Morgan fingerprint density at radius 1 is 0.923 bits per heavy atom. The minimum atomic E-state index is -0.766. The maximum absolute atomic E-state index is 13.5. The summed E-state index contributed by atoms with van der Waals surface area (Å²) in [6.45, 7) is 7.41. The monoisotopic (exact) mass is 537 g/mol. The van der Waals surface area contributed by atoms with E-state index in [2.05, 4.69) is 26.1 Å². The first-order chi connectivity index (χ1) is 18.5. The number of carbonyl (C=O) groups is 2. The van der Waals surface area contributed by atoms with Crippen LogP contribution in [0.4, 0.5) is 0 Å². The molecule has 2 N–H and O–H groups in total. The van der Waals surface area contributed by atoms with Crippen molar-refractivity contribution in [3.63, 3.8) is 0 Å². The minimum absolute atomic E-state index is 0.0595. The number of ketones is 1. The third-order valence-corrected chi connectivity index (χ3v) is 14.8. The van der Waals surface area contributed by atoms with Crippen molar-refractivity contribution in [2.24, 2.45) is 63.6 Å². The lowest BCUT2D eigenvalue weighted by Gasteiger charge is -2.61. The molecular formula is C35H55NO3. The van der Waals surface area contributed by atoms with Gasteiger partial charge < -0.3 is 10.4 Å². The molecule has 8 fully saturated rings. The first kappa shape index (κ1) is 27.0. The van der Waals surface area contributed by atoms with Crippen LogP contribution in [0.15, 0.2) is 0 Å². The van der Waals surface area contributed by atoms with Gasteiger partial charge in [0.2, 0.25) is 5.91 Å². The van der Waals surface area contributed by atoms with Crippen LogP contribution >= 0.6 is 0 Å². The van der Waals surface area contributed by atoms with E-state index in [0.717, 1.165) is 69.1 Å². The molecule has 0 radical (unpaired) electrons. The van der Waals surface area contributed by atoms with E-state index in [9.17, 15) is 14.7 Å². The van der Waals surface area contributed by atoms with Gasteiger partial charge in [-0.25, -0.2) is 0 Å². The maximum Gasteiger partial charge on any atom is 0.223 e. The van der Waals surface area contributed by atoms with Crippen molar-refractivity contribution in [3.05, 3.63) is 0 Å².